The predicted octanol–water partition coefficient (Wildman–Crippen LogP) is 4.80. The van der Waals surface area contributed by atoms with Crippen molar-refractivity contribution in [1.29, 1.82) is 0 Å². The lowest BCUT2D eigenvalue weighted by Gasteiger charge is -2.25. The van der Waals surface area contributed by atoms with Crippen LogP contribution in [-0.4, -0.2) is 40.3 Å². The molecule has 1 aliphatic heterocycles. The number of carbonyl (C=O) groups excluding carboxylic acids is 1. The highest BCUT2D eigenvalue weighted by molar-refractivity contribution is 7.15. The Hall–Kier alpha value is -2.54. The molecule has 1 amide bonds. The number of aromatic nitrogens is 1. The molecule has 1 aliphatic rings. The first-order valence-corrected chi connectivity index (χ1v) is 11.8. The fourth-order valence-electron chi connectivity index (χ4n) is 3.91. The largest absolute Gasteiger partial charge is 0.300 e. The van der Waals surface area contributed by atoms with Crippen molar-refractivity contribution in [3.8, 4) is 0 Å². The van der Waals surface area contributed by atoms with Gasteiger partial charge in [-0.05, 0) is 36.3 Å². The summed E-state index contributed by atoms with van der Waals surface area (Å²) in [6.07, 6.45) is 0.925. The zero-order chi connectivity index (χ0) is 21.6. The van der Waals surface area contributed by atoms with Crippen molar-refractivity contribution in [3.63, 3.8) is 0 Å². The van der Waals surface area contributed by atoms with Crippen molar-refractivity contribution in [1.82, 2.24) is 14.8 Å². The Morgan fingerprint density at radius 3 is 2.52 bits per heavy atom. The first kappa shape index (κ1) is 21.7. The minimum atomic E-state index is -0.0957. The Balaban J connectivity index is 1.36. The van der Waals surface area contributed by atoms with Crippen LogP contribution in [-0.2, 0) is 26.1 Å². The Labute approximate surface area is 188 Å². The number of nitrogens with one attached hydrogen (secondary N) is 1. The van der Waals surface area contributed by atoms with Gasteiger partial charge in [0.15, 0.2) is 5.13 Å². The Morgan fingerprint density at radius 1 is 1.06 bits per heavy atom. The number of fused-ring (bicyclic) bond motifs is 1. The van der Waals surface area contributed by atoms with E-state index in [1.165, 1.54) is 16.0 Å². The normalized spacial score (nSPS) is 13.9. The van der Waals surface area contributed by atoms with E-state index in [0.717, 1.165) is 51.4 Å². The molecule has 0 saturated carbocycles. The summed E-state index contributed by atoms with van der Waals surface area (Å²) in [6.45, 7) is 10.1. The molecule has 0 fully saturated rings. The van der Waals surface area contributed by atoms with Gasteiger partial charge in [-0.1, -0.05) is 56.3 Å². The number of nitrogens with zero attached hydrogens (tertiary/aromatic N) is 3. The average molecular weight is 435 g/mol. The van der Waals surface area contributed by atoms with E-state index >= 15 is 0 Å². The van der Waals surface area contributed by atoms with Crippen LogP contribution in [0.25, 0.3) is 0 Å². The molecule has 6 heteroatoms. The maximum Gasteiger partial charge on any atom is 0.257 e. The molecule has 162 valence electrons. The number of rotatable bonds is 8. The molecule has 3 aromatic rings. The number of benzene rings is 2. The molecule has 0 unspecified atom stereocenters. The van der Waals surface area contributed by atoms with Crippen LogP contribution in [0, 0.1) is 0 Å². The molecular formula is C25H30N4OS. The van der Waals surface area contributed by atoms with Crippen LogP contribution in [0.4, 0.5) is 5.13 Å². The lowest BCUT2D eigenvalue weighted by Crippen LogP contribution is -2.29. The van der Waals surface area contributed by atoms with Gasteiger partial charge in [0.05, 0.1) is 5.69 Å². The van der Waals surface area contributed by atoms with Gasteiger partial charge in [-0.15, -0.1) is 11.3 Å². The van der Waals surface area contributed by atoms with Crippen LogP contribution in [0.1, 0.15) is 45.9 Å². The van der Waals surface area contributed by atoms with Gasteiger partial charge in [-0.25, -0.2) is 4.98 Å². The van der Waals surface area contributed by atoms with Gasteiger partial charge in [-0.3, -0.25) is 19.9 Å². The van der Waals surface area contributed by atoms with E-state index in [9.17, 15) is 4.79 Å². The third-order valence-corrected chi connectivity index (χ3v) is 6.79. The molecule has 0 saturated heterocycles. The number of hydrogen-bond acceptors (Lipinski definition) is 5. The minimum Gasteiger partial charge on any atom is -0.300 e. The van der Waals surface area contributed by atoms with Crippen LogP contribution >= 0.6 is 11.3 Å². The molecule has 2 heterocycles. The number of anilines is 1. The van der Waals surface area contributed by atoms with Crippen molar-refractivity contribution in [2.45, 2.75) is 39.9 Å². The van der Waals surface area contributed by atoms with E-state index in [-0.39, 0.29) is 5.91 Å². The first-order valence-electron chi connectivity index (χ1n) is 11.0. The molecule has 1 aromatic heterocycles. The Bertz CT molecular complexity index is 996. The third-order valence-electron chi connectivity index (χ3n) is 5.80. The minimum absolute atomic E-state index is 0.0957. The summed E-state index contributed by atoms with van der Waals surface area (Å²) in [7, 11) is 0. The van der Waals surface area contributed by atoms with Crippen LogP contribution in [0.15, 0.2) is 54.6 Å². The molecule has 2 aromatic carbocycles. The van der Waals surface area contributed by atoms with Crippen LogP contribution in [0.2, 0.25) is 0 Å². The van der Waals surface area contributed by atoms with Crippen LogP contribution in [0.5, 0.6) is 0 Å². The van der Waals surface area contributed by atoms with Crippen LogP contribution in [0.3, 0.4) is 0 Å². The highest BCUT2D eigenvalue weighted by Gasteiger charge is 2.21. The lowest BCUT2D eigenvalue weighted by atomic mass is 10.1. The molecular weight excluding hydrogens is 404 g/mol. The highest BCUT2D eigenvalue weighted by Crippen LogP contribution is 2.29. The van der Waals surface area contributed by atoms with Crippen molar-refractivity contribution >= 4 is 22.4 Å². The lowest BCUT2D eigenvalue weighted by molar-refractivity contribution is 0.102. The smallest absolute Gasteiger partial charge is 0.257 e. The summed E-state index contributed by atoms with van der Waals surface area (Å²) < 4.78 is 0. The van der Waals surface area contributed by atoms with Crippen molar-refractivity contribution in [3.05, 3.63) is 81.9 Å². The number of carbonyl (C=O) groups is 1. The van der Waals surface area contributed by atoms with Gasteiger partial charge >= 0.3 is 0 Å². The molecule has 0 bridgehead atoms. The van der Waals surface area contributed by atoms with E-state index < -0.39 is 0 Å². The maximum atomic E-state index is 12.7. The third kappa shape index (κ3) is 5.58. The van der Waals surface area contributed by atoms with E-state index in [2.05, 4.69) is 59.3 Å². The highest BCUT2D eigenvalue weighted by atomic mass is 32.1. The fourth-order valence-corrected chi connectivity index (χ4v) is 4.96. The predicted molar refractivity (Wildman–Crippen MR) is 127 cm³/mol. The first-order chi connectivity index (χ1) is 15.1. The van der Waals surface area contributed by atoms with Crippen molar-refractivity contribution in [2.24, 2.45) is 0 Å². The zero-order valence-corrected chi connectivity index (χ0v) is 19.1. The molecule has 0 radical (unpaired) electrons. The standard InChI is InChI=1S/C25H30N4OS/c1-3-28(4-2)16-20-10-12-21(13-11-20)24(30)27-25-26-22-14-15-29(18-23(22)31-25)17-19-8-6-5-7-9-19/h5-13H,3-4,14-18H2,1-2H3,(H,26,27,30). The molecule has 31 heavy (non-hydrogen) atoms. The summed E-state index contributed by atoms with van der Waals surface area (Å²) in [5, 5.41) is 3.70. The maximum absolute atomic E-state index is 12.7. The van der Waals surface area contributed by atoms with Gasteiger partial charge in [0.25, 0.3) is 5.91 Å². The van der Waals surface area contributed by atoms with Crippen molar-refractivity contribution < 1.29 is 4.79 Å². The Morgan fingerprint density at radius 2 is 1.81 bits per heavy atom. The van der Waals surface area contributed by atoms with Gasteiger partial charge in [0.1, 0.15) is 0 Å². The zero-order valence-electron chi connectivity index (χ0n) is 18.3. The van der Waals surface area contributed by atoms with Gasteiger partial charge in [0.2, 0.25) is 0 Å². The van der Waals surface area contributed by atoms with E-state index in [4.69, 9.17) is 4.98 Å². The van der Waals surface area contributed by atoms with E-state index in [0.29, 0.717) is 10.7 Å². The van der Waals surface area contributed by atoms with Gasteiger partial charge < -0.3 is 0 Å². The monoisotopic (exact) mass is 434 g/mol. The second-order valence-electron chi connectivity index (χ2n) is 7.95. The summed E-state index contributed by atoms with van der Waals surface area (Å²) in [4.78, 5) is 23.5. The molecule has 4 rings (SSSR count). The van der Waals surface area contributed by atoms with Gasteiger partial charge in [-0.2, -0.15) is 0 Å². The van der Waals surface area contributed by atoms with Crippen LogP contribution < -0.4 is 5.32 Å². The van der Waals surface area contributed by atoms with Gasteiger partial charge in [0, 0.05) is 43.0 Å². The topological polar surface area (TPSA) is 48.5 Å². The SMILES string of the molecule is CCN(CC)Cc1ccc(C(=O)Nc2nc3c(s2)CN(Cc2ccccc2)CC3)cc1. The molecule has 0 aliphatic carbocycles. The molecule has 1 N–H and O–H groups in total. The molecule has 5 nitrogen and oxygen atoms in total. The Kier molecular flexibility index (Phi) is 7.12. The number of thiazole rings is 1. The number of amides is 1. The number of hydrogen-bond donors (Lipinski definition) is 1. The summed E-state index contributed by atoms with van der Waals surface area (Å²) in [5.41, 5.74) is 4.35. The fraction of sp³-hybridized carbons (Fsp3) is 0.360. The quantitative estimate of drug-likeness (QED) is 0.553. The summed E-state index contributed by atoms with van der Waals surface area (Å²) >= 11 is 1.60. The molecule has 0 atom stereocenters. The second-order valence-corrected chi connectivity index (χ2v) is 9.03. The van der Waals surface area contributed by atoms with E-state index in [1.54, 1.807) is 11.3 Å². The van der Waals surface area contributed by atoms with Crippen molar-refractivity contribution in [2.75, 3.05) is 25.0 Å². The van der Waals surface area contributed by atoms with E-state index in [1.807, 2.05) is 24.3 Å². The summed E-state index contributed by atoms with van der Waals surface area (Å²) in [6, 6.07) is 18.5. The second kappa shape index (κ2) is 10.2. The average Bonchev–Trinajstić information content (AvgIpc) is 3.20. The molecule has 0 spiro atoms. The summed E-state index contributed by atoms with van der Waals surface area (Å²) in [5.74, 6) is -0.0957.